The molecular weight excluding hydrogens is 266 g/mol. The molecule has 0 aliphatic heterocycles. The summed E-state index contributed by atoms with van der Waals surface area (Å²) in [5, 5.41) is 0. The van der Waals surface area contributed by atoms with Crippen LogP contribution < -0.4 is 5.73 Å². The Bertz CT molecular complexity index is 392. The van der Waals surface area contributed by atoms with Crippen molar-refractivity contribution in [1.29, 1.82) is 0 Å². The SMILES string of the molecule is CCCSCC(N)c1ccc(C(F)(F)F)c(F)c1. The molecule has 0 heterocycles. The Hall–Kier alpha value is -0.750. The lowest BCUT2D eigenvalue weighted by molar-refractivity contribution is -0.140. The Kier molecular flexibility index (Phi) is 5.47. The molecule has 0 saturated heterocycles. The minimum Gasteiger partial charge on any atom is -0.323 e. The van der Waals surface area contributed by atoms with Crippen molar-refractivity contribution in [2.45, 2.75) is 25.6 Å². The van der Waals surface area contributed by atoms with E-state index in [1.54, 1.807) is 11.8 Å². The minimum atomic E-state index is -4.66. The van der Waals surface area contributed by atoms with Gasteiger partial charge in [-0.2, -0.15) is 24.9 Å². The van der Waals surface area contributed by atoms with Gasteiger partial charge >= 0.3 is 6.18 Å². The Labute approximate surface area is 108 Å². The molecule has 1 aromatic rings. The van der Waals surface area contributed by atoms with Gasteiger partial charge in [0, 0.05) is 11.8 Å². The Balaban J connectivity index is 2.78. The highest BCUT2D eigenvalue weighted by Gasteiger charge is 2.34. The van der Waals surface area contributed by atoms with E-state index >= 15 is 0 Å². The lowest BCUT2D eigenvalue weighted by Gasteiger charge is -2.14. The zero-order chi connectivity index (χ0) is 13.8. The van der Waals surface area contributed by atoms with Gasteiger partial charge in [-0.1, -0.05) is 13.0 Å². The van der Waals surface area contributed by atoms with Crippen LogP contribution >= 0.6 is 11.8 Å². The largest absolute Gasteiger partial charge is 0.419 e. The average molecular weight is 281 g/mol. The fourth-order valence-corrected chi connectivity index (χ4v) is 2.34. The molecule has 1 unspecified atom stereocenters. The van der Waals surface area contributed by atoms with E-state index in [0.29, 0.717) is 11.3 Å². The van der Waals surface area contributed by atoms with E-state index < -0.39 is 23.6 Å². The molecule has 0 radical (unpaired) electrons. The van der Waals surface area contributed by atoms with Gasteiger partial charge in [-0.15, -0.1) is 0 Å². The molecule has 0 saturated carbocycles. The standard InChI is InChI=1S/C12H15F4NS/c1-2-5-18-7-11(17)8-3-4-9(10(13)6-8)12(14,15)16/h3-4,6,11H,2,5,7,17H2,1H3. The van der Waals surface area contributed by atoms with Gasteiger partial charge < -0.3 is 5.73 Å². The summed E-state index contributed by atoms with van der Waals surface area (Å²) in [6, 6.07) is 2.41. The average Bonchev–Trinajstić information content (AvgIpc) is 2.27. The van der Waals surface area contributed by atoms with Gasteiger partial charge in [0.05, 0.1) is 5.56 Å². The summed E-state index contributed by atoms with van der Waals surface area (Å²) in [4.78, 5) is 0. The number of hydrogen-bond donors (Lipinski definition) is 1. The summed E-state index contributed by atoms with van der Waals surface area (Å²) in [6.07, 6.45) is -3.66. The molecule has 0 aliphatic carbocycles. The molecule has 0 amide bonds. The van der Waals surface area contributed by atoms with Crippen LogP contribution in [0.4, 0.5) is 17.6 Å². The number of hydrogen-bond acceptors (Lipinski definition) is 2. The normalized spacial score (nSPS) is 13.7. The van der Waals surface area contributed by atoms with Gasteiger partial charge in [0.25, 0.3) is 0 Å². The third-order valence-electron chi connectivity index (χ3n) is 2.37. The van der Waals surface area contributed by atoms with Crippen LogP contribution in [0.2, 0.25) is 0 Å². The van der Waals surface area contributed by atoms with E-state index in [4.69, 9.17) is 5.73 Å². The molecule has 0 aromatic heterocycles. The summed E-state index contributed by atoms with van der Waals surface area (Å²) in [5.74, 6) is 0.228. The molecule has 0 spiro atoms. The third-order valence-corrected chi connectivity index (χ3v) is 3.66. The maximum atomic E-state index is 13.3. The second-order valence-corrected chi connectivity index (χ2v) is 5.07. The smallest absolute Gasteiger partial charge is 0.323 e. The van der Waals surface area contributed by atoms with Crippen LogP contribution in [0.1, 0.15) is 30.5 Å². The molecule has 1 aromatic carbocycles. The van der Waals surface area contributed by atoms with Crippen LogP contribution in [0, 0.1) is 5.82 Å². The number of halogens is 4. The molecule has 6 heteroatoms. The highest BCUT2D eigenvalue weighted by Crippen LogP contribution is 2.32. The quantitative estimate of drug-likeness (QED) is 0.652. The first kappa shape index (κ1) is 15.3. The van der Waals surface area contributed by atoms with Crippen LogP contribution in [-0.2, 0) is 6.18 Å². The molecule has 0 fully saturated rings. The Morgan fingerprint density at radius 3 is 2.50 bits per heavy atom. The van der Waals surface area contributed by atoms with E-state index in [0.717, 1.165) is 24.3 Å². The lowest BCUT2D eigenvalue weighted by atomic mass is 10.1. The van der Waals surface area contributed by atoms with E-state index in [2.05, 4.69) is 0 Å². The molecule has 18 heavy (non-hydrogen) atoms. The summed E-state index contributed by atoms with van der Waals surface area (Å²) < 4.78 is 50.4. The summed E-state index contributed by atoms with van der Waals surface area (Å²) in [5.41, 5.74) is 4.94. The summed E-state index contributed by atoms with van der Waals surface area (Å²) in [6.45, 7) is 2.02. The molecule has 0 bridgehead atoms. The predicted molar refractivity (Wildman–Crippen MR) is 65.9 cm³/mol. The van der Waals surface area contributed by atoms with Crippen LogP contribution in [0.3, 0.4) is 0 Å². The van der Waals surface area contributed by atoms with Crippen LogP contribution in [-0.4, -0.2) is 11.5 Å². The Morgan fingerprint density at radius 1 is 1.33 bits per heavy atom. The summed E-state index contributed by atoms with van der Waals surface area (Å²) in [7, 11) is 0. The van der Waals surface area contributed by atoms with Crippen LogP contribution in [0.25, 0.3) is 0 Å². The van der Waals surface area contributed by atoms with Crippen molar-refractivity contribution in [2.24, 2.45) is 5.73 Å². The van der Waals surface area contributed by atoms with Crippen molar-refractivity contribution in [2.75, 3.05) is 11.5 Å². The molecule has 102 valence electrons. The van der Waals surface area contributed by atoms with Gasteiger partial charge in [0.1, 0.15) is 5.82 Å². The molecule has 1 nitrogen and oxygen atoms in total. The van der Waals surface area contributed by atoms with Gasteiger partial charge in [0.15, 0.2) is 0 Å². The minimum absolute atomic E-state index is 0.393. The zero-order valence-electron chi connectivity index (χ0n) is 9.93. The topological polar surface area (TPSA) is 26.0 Å². The van der Waals surface area contributed by atoms with E-state index in [9.17, 15) is 17.6 Å². The van der Waals surface area contributed by atoms with Gasteiger partial charge in [-0.3, -0.25) is 0 Å². The molecular formula is C12H15F4NS. The van der Waals surface area contributed by atoms with Crippen molar-refractivity contribution in [3.05, 3.63) is 35.1 Å². The predicted octanol–water partition coefficient (Wildman–Crippen LogP) is 3.99. The third kappa shape index (κ3) is 4.17. The number of benzene rings is 1. The molecule has 2 N–H and O–H groups in total. The maximum absolute atomic E-state index is 13.3. The fraction of sp³-hybridized carbons (Fsp3) is 0.500. The van der Waals surface area contributed by atoms with Crippen LogP contribution in [0.15, 0.2) is 18.2 Å². The number of nitrogens with two attached hydrogens (primary N) is 1. The summed E-state index contributed by atoms with van der Waals surface area (Å²) >= 11 is 1.60. The monoisotopic (exact) mass is 281 g/mol. The highest BCUT2D eigenvalue weighted by molar-refractivity contribution is 7.99. The lowest BCUT2D eigenvalue weighted by Crippen LogP contribution is -2.15. The first-order valence-electron chi connectivity index (χ1n) is 5.56. The van der Waals surface area contributed by atoms with E-state index in [-0.39, 0.29) is 0 Å². The molecule has 1 atom stereocenters. The first-order chi connectivity index (χ1) is 8.36. The second kappa shape index (κ2) is 6.43. The van der Waals surface area contributed by atoms with E-state index in [1.807, 2.05) is 6.92 Å². The van der Waals surface area contributed by atoms with Crippen molar-refractivity contribution in [1.82, 2.24) is 0 Å². The van der Waals surface area contributed by atoms with Crippen LogP contribution in [0.5, 0.6) is 0 Å². The van der Waals surface area contributed by atoms with Gasteiger partial charge in [0.2, 0.25) is 0 Å². The van der Waals surface area contributed by atoms with Crippen molar-refractivity contribution >= 4 is 11.8 Å². The zero-order valence-corrected chi connectivity index (χ0v) is 10.7. The van der Waals surface area contributed by atoms with E-state index in [1.165, 1.54) is 6.07 Å². The number of thioether (sulfide) groups is 1. The second-order valence-electron chi connectivity index (χ2n) is 3.92. The molecule has 0 aliphatic rings. The van der Waals surface area contributed by atoms with Gasteiger partial charge in [-0.05, 0) is 29.9 Å². The first-order valence-corrected chi connectivity index (χ1v) is 6.71. The van der Waals surface area contributed by atoms with Crippen molar-refractivity contribution < 1.29 is 17.6 Å². The maximum Gasteiger partial charge on any atom is 0.419 e. The van der Waals surface area contributed by atoms with Crippen molar-refractivity contribution in [3.63, 3.8) is 0 Å². The number of alkyl halides is 3. The Morgan fingerprint density at radius 2 is 2.00 bits per heavy atom. The fourth-order valence-electron chi connectivity index (χ4n) is 1.44. The van der Waals surface area contributed by atoms with Crippen molar-refractivity contribution in [3.8, 4) is 0 Å². The molecule has 1 rings (SSSR count). The highest BCUT2D eigenvalue weighted by atomic mass is 32.2. The number of rotatable bonds is 5. The van der Waals surface area contributed by atoms with Gasteiger partial charge in [-0.25, -0.2) is 4.39 Å².